The number of ether oxygens (including phenoxy) is 5. The second-order valence-electron chi connectivity index (χ2n) is 38.0. The molecule has 7 aromatic carbocycles. The van der Waals surface area contributed by atoms with E-state index in [9.17, 15) is 58.8 Å². The summed E-state index contributed by atoms with van der Waals surface area (Å²) in [6, 6.07) is 49.2. The van der Waals surface area contributed by atoms with Crippen LogP contribution in [-0.4, -0.2) is 184 Å². The first-order chi connectivity index (χ1) is 64.0. The monoisotopic (exact) mass is 1860 g/mol. The maximum Gasteiger partial charge on any atom is 0.350 e. The van der Waals surface area contributed by atoms with Crippen LogP contribution in [0, 0.1) is 41.5 Å². The molecule has 3 saturated heterocycles. The number of aliphatic hydroxyl groups excluding tert-OH is 4. The van der Waals surface area contributed by atoms with Gasteiger partial charge < -0.3 is 63.9 Å². The van der Waals surface area contributed by atoms with Crippen molar-refractivity contribution in [1.29, 1.82) is 0 Å². The topological polar surface area (TPSA) is 345 Å². The summed E-state index contributed by atoms with van der Waals surface area (Å²) in [6.45, 7) is 38.4. The molecule has 4 aliphatic rings. The van der Waals surface area contributed by atoms with Crippen molar-refractivity contribution in [2.75, 3.05) is 54.0 Å². The number of halogens is 1. The molecule has 4 fully saturated rings. The smallest absolute Gasteiger partial charge is 0.350 e. The summed E-state index contributed by atoms with van der Waals surface area (Å²) in [5.41, 5.74) is 7.72. The third-order valence-corrected chi connectivity index (χ3v) is 22.9. The van der Waals surface area contributed by atoms with Crippen LogP contribution < -0.4 is 28.9 Å². The predicted molar refractivity (Wildman–Crippen MR) is 535 cm³/mol. The van der Waals surface area contributed by atoms with E-state index in [0.717, 1.165) is 120 Å². The number of fused-ring (bicyclic) bond motifs is 4. The molecule has 7 heterocycles. The molecule has 0 unspecified atom stereocenters. The number of aromatic nitrogens is 4. The molecule has 0 spiro atoms. The Balaban J connectivity index is 0.000000194. The van der Waals surface area contributed by atoms with Crippen LogP contribution in [0.15, 0.2) is 170 Å². The van der Waals surface area contributed by atoms with Crippen molar-refractivity contribution < 1.29 is 88.9 Å². The molecular formula is C109H130ClN7O18. The average Bonchev–Trinajstić information content (AvgIpc) is 1.45. The molecule has 716 valence electrons. The van der Waals surface area contributed by atoms with Gasteiger partial charge in [0.2, 0.25) is 0 Å². The van der Waals surface area contributed by atoms with Gasteiger partial charge in [0, 0.05) is 67.7 Å². The lowest BCUT2D eigenvalue weighted by Gasteiger charge is -2.30. The van der Waals surface area contributed by atoms with Gasteiger partial charge in [-0.2, -0.15) is 0 Å². The number of aryl methyl sites for hydroxylation is 6. The first kappa shape index (κ1) is 104. The molecule has 3 aliphatic heterocycles. The van der Waals surface area contributed by atoms with Crippen molar-refractivity contribution >= 4 is 132 Å². The van der Waals surface area contributed by atoms with Gasteiger partial charge in [-0.25, -0.2) is 34.3 Å². The lowest BCUT2D eigenvalue weighted by atomic mass is 10.0. The second-order valence-corrected chi connectivity index (χ2v) is 38.4. The minimum Gasteiger partial charge on any atom is -0.478 e. The molecule has 1 aliphatic carbocycles. The van der Waals surface area contributed by atoms with E-state index in [1.807, 2.05) is 237 Å². The maximum absolute atomic E-state index is 13.4. The minimum absolute atomic E-state index is 0.00893. The van der Waals surface area contributed by atoms with Crippen molar-refractivity contribution in [3.63, 3.8) is 0 Å². The average molecular weight is 1860 g/mol. The number of esters is 2. The van der Waals surface area contributed by atoms with E-state index in [2.05, 4.69) is 9.97 Å². The number of aldehydes is 1. The number of aliphatic carboxylic acids is 1. The highest BCUT2D eigenvalue weighted by atomic mass is 35.5. The molecule has 0 bridgehead atoms. The van der Waals surface area contributed by atoms with Crippen LogP contribution in [0.1, 0.15) is 247 Å². The van der Waals surface area contributed by atoms with Gasteiger partial charge in [-0.05, 0) is 312 Å². The number of carbonyl (C=O) groups is 8. The van der Waals surface area contributed by atoms with Gasteiger partial charge in [0.25, 0.3) is 0 Å². The summed E-state index contributed by atoms with van der Waals surface area (Å²) >= 11 is 5.87. The van der Waals surface area contributed by atoms with Gasteiger partial charge in [-0.15, -0.1) is 0 Å². The number of carboxylic acid groups (broad SMARTS) is 1. The fourth-order valence-electron chi connectivity index (χ4n) is 15.6. The molecule has 11 aromatic rings. The van der Waals surface area contributed by atoms with Gasteiger partial charge in [-0.3, -0.25) is 24.0 Å². The van der Waals surface area contributed by atoms with Crippen molar-refractivity contribution in [2.24, 2.45) is 0 Å². The van der Waals surface area contributed by atoms with E-state index in [1.54, 1.807) is 71.0 Å². The molecule has 1 saturated carbocycles. The Kier molecular flexibility index (Phi) is 35.3. The molecule has 5 N–H and O–H groups in total. The Morgan fingerprint density at radius 2 is 0.681 bits per heavy atom. The van der Waals surface area contributed by atoms with E-state index >= 15 is 0 Å². The van der Waals surface area contributed by atoms with E-state index in [4.69, 9.17) is 51.7 Å². The largest absolute Gasteiger partial charge is 0.478 e. The number of anilines is 3. The quantitative estimate of drug-likeness (QED) is 0.0147. The zero-order chi connectivity index (χ0) is 100. The Labute approximate surface area is 798 Å². The molecule has 0 amide bonds. The van der Waals surface area contributed by atoms with Crippen molar-refractivity contribution in [3.05, 3.63) is 247 Å². The number of hydrogen-bond acceptors (Lipinski definition) is 24. The lowest BCUT2D eigenvalue weighted by molar-refractivity contribution is -0.171. The number of hydrogen-bond donors (Lipinski definition) is 5. The zero-order valence-corrected chi connectivity index (χ0v) is 82.2. The fraction of sp³-hybridized carbons (Fsp3) is 0.394. The highest BCUT2D eigenvalue weighted by Gasteiger charge is 2.39. The van der Waals surface area contributed by atoms with Crippen molar-refractivity contribution in [1.82, 2.24) is 19.9 Å². The maximum atomic E-state index is 13.4. The summed E-state index contributed by atoms with van der Waals surface area (Å²) in [5.74, 6) is 1.33. The molecule has 3 atom stereocenters. The number of aliphatic hydroxyl groups is 4. The summed E-state index contributed by atoms with van der Waals surface area (Å²) in [6.07, 6.45) is 12.8. The molecule has 25 nitrogen and oxygen atoms in total. The standard InChI is InChI=1S/C32H38N2O5.C28H30N2O5.C17H24O4.C15H16N2O2.C11H8ClNO.C5H10O.CH4/c1-20-16-22(17-21(2)28(20)38-32(6,7)30(37)39-31(3,4)5)12-13-27(36)25-18-23-10-8-9-11-26(23)33-29(25)34-15-14-24(35)19-34;1-17-13-19(14-18(2)25(17)35-28(3,4)27(33)34)9-10-24(32)22-15-20-7-5-6-8-23(20)29-26(22)30-12-11-21(31)16-30;1-11-8-13(10-18)9-12(2)14(11)20-17(6,7)15(19)21-16(3,4)5;1-10(18)13-8-11-4-2-3-5-14(11)16-15(13)17-7-6-12(19)9-17;1-7(14)9-6-8-4-2-3-5-10(8)13-11(9)12;6-5-3-1-2-4-5;/h8-13,16-18,24,35H,14-15,19H2,1-7H3;5-10,13-15,21,31H,11-12,16H2,1-4H3,(H,33,34);8-10H,1-7H3;2-5,8,12,19H,6-7,9H2,1H3;2-6H,1H3;5-6H,1-4H2;1H4/b13-12+;10-9+;;;;;/t24-;21-;;12-;;;/m00.0.../s1/i;;;;;;1T. The molecular weight excluding hydrogens is 1730 g/mol. The fourth-order valence-corrected chi connectivity index (χ4v) is 15.9. The van der Waals surface area contributed by atoms with Crippen LogP contribution in [0.25, 0.3) is 55.8 Å². The van der Waals surface area contributed by atoms with Gasteiger partial charge in [0.15, 0.2) is 39.9 Å². The minimum atomic E-state index is -1.36. The third kappa shape index (κ3) is 29.0. The first-order valence-electron chi connectivity index (χ1n) is 46.2. The number of rotatable bonds is 21. The van der Waals surface area contributed by atoms with Crippen LogP contribution >= 0.6 is 11.6 Å². The summed E-state index contributed by atoms with van der Waals surface area (Å²) in [4.78, 5) is 121. The van der Waals surface area contributed by atoms with Gasteiger partial charge >= 0.3 is 17.9 Å². The van der Waals surface area contributed by atoms with Crippen LogP contribution in [0.5, 0.6) is 17.2 Å². The molecule has 4 aromatic heterocycles. The number of benzene rings is 7. The Bertz CT molecular complexity index is 6180. The number of Topliss-reactive ketones (excluding diaryl/α,β-unsaturated/α-hetero) is 2. The lowest BCUT2D eigenvalue weighted by Crippen LogP contribution is -2.43. The van der Waals surface area contributed by atoms with E-state index in [1.165, 1.54) is 47.1 Å². The summed E-state index contributed by atoms with van der Waals surface area (Å²) < 4.78 is 34.5. The molecule has 0 radical (unpaired) electrons. The number of nitrogens with zero attached hydrogens (tertiary/aromatic N) is 7. The van der Waals surface area contributed by atoms with Gasteiger partial charge in [0.05, 0.1) is 68.7 Å². The number of carboxylic acids is 1. The van der Waals surface area contributed by atoms with E-state index < -0.39 is 58.1 Å². The number of ketones is 4. The summed E-state index contributed by atoms with van der Waals surface area (Å²) in [7, 11) is 1.25. The van der Waals surface area contributed by atoms with Crippen LogP contribution in [0.4, 0.5) is 17.5 Å². The van der Waals surface area contributed by atoms with Crippen LogP contribution in [0.3, 0.4) is 0 Å². The molecule has 135 heavy (non-hydrogen) atoms. The number of para-hydroxylation sites is 4. The van der Waals surface area contributed by atoms with Crippen molar-refractivity contribution in [3.8, 4) is 17.2 Å². The van der Waals surface area contributed by atoms with Crippen molar-refractivity contribution in [2.45, 2.75) is 243 Å². The van der Waals surface area contributed by atoms with Gasteiger partial charge in [-0.1, -0.05) is 117 Å². The SMILES string of the molecule is CC(=O)c1cc2ccccc2nc1Cl.CC(=O)c1cc2ccccc2nc1N1CC[C@H](O)C1.Cc1cc(/C=C/C(=O)c2cc3ccccc3nc2N2CC[C@H](O)C2)cc(C)c1OC(C)(C)C(=O)O.Cc1cc(/C=C/C(=O)c2cc3ccccc3nc2N2CC[C@H](O)C2)cc(C)c1OC(C)(C)C(=O)OC(C)(C)C.Cc1cc(C=O)cc(C)c1OC(C)(C)C(=O)OC(C)(C)C.OC1CCCC1.[3H]C. The highest BCUT2D eigenvalue weighted by Crippen LogP contribution is 2.37. The van der Waals surface area contributed by atoms with Gasteiger partial charge in [0.1, 0.15) is 57.3 Å². The Hall–Kier alpha value is -12.7. The molecule has 26 heteroatoms. The first-order valence-corrected chi connectivity index (χ1v) is 45.6. The van der Waals surface area contributed by atoms with Crippen LogP contribution in [0.2, 0.25) is 5.15 Å². The second kappa shape index (κ2) is 45.6. The number of carbonyl (C=O) groups excluding carboxylic acids is 7. The summed E-state index contributed by atoms with van der Waals surface area (Å²) in [5, 5.41) is 51.8. The van der Waals surface area contributed by atoms with E-state index in [0.29, 0.717) is 108 Å². The normalized spacial score (nSPS) is 15.7. The Morgan fingerprint density at radius 3 is 0.956 bits per heavy atom. The van der Waals surface area contributed by atoms with E-state index in [-0.39, 0.29) is 40.5 Å². The third-order valence-electron chi connectivity index (χ3n) is 22.6. The van der Waals surface area contributed by atoms with Crippen LogP contribution in [-0.2, 0) is 23.9 Å². The zero-order valence-electron chi connectivity index (χ0n) is 82.5. The number of pyridine rings is 4. The highest BCUT2D eigenvalue weighted by molar-refractivity contribution is 6.33. The number of allylic oxidation sites excluding steroid dienone is 2. The predicted octanol–water partition coefficient (Wildman–Crippen LogP) is 20.7. The number of β-amino-alcohol motifs (C(OH)–C–C–N with tert-alkyl or cyclic N) is 3. The molecule has 15 rings (SSSR count). The Morgan fingerprint density at radius 1 is 0.400 bits per heavy atom.